The summed E-state index contributed by atoms with van der Waals surface area (Å²) in [5.41, 5.74) is 3.78. The zero-order valence-corrected chi connectivity index (χ0v) is 11.5. The summed E-state index contributed by atoms with van der Waals surface area (Å²) in [7, 11) is 0. The molecule has 19 heavy (non-hydrogen) atoms. The van der Waals surface area contributed by atoms with E-state index in [9.17, 15) is 4.39 Å². The summed E-state index contributed by atoms with van der Waals surface area (Å²) in [6.07, 6.45) is 0.984. The second-order valence-electron chi connectivity index (χ2n) is 4.49. The normalized spacial score (nSPS) is 13.3. The van der Waals surface area contributed by atoms with Crippen LogP contribution in [-0.4, -0.2) is 5.71 Å². The molecule has 0 fully saturated rings. The van der Waals surface area contributed by atoms with Crippen LogP contribution in [0.5, 0.6) is 0 Å². The van der Waals surface area contributed by atoms with Gasteiger partial charge in [-0.1, -0.05) is 24.8 Å². The predicted octanol–water partition coefficient (Wildman–Crippen LogP) is 4.69. The van der Waals surface area contributed by atoms with E-state index in [1.54, 1.807) is 23.9 Å². The van der Waals surface area contributed by atoms with E-state index in [2.05, 4.69) is 30.1 Å². The number of rotatable bonds is 3. The van der Waals surface area contributed by atoms with Crippen molar-refractivity contribution in [2.45, 2.75) is 29.7 Å². The second kappa shape index (κ2) is 5.17. The molecule has 0 unspecified atom stereocenters. The Morgan fingerprint density at radius 2 is 1.84 bits per heavy atom. The van der Waals surface area contributed by atoms with Crippen LogP contribution < -0.4 is 0 Å². The van der Waals surface area contributed by atoms with Crippen molar-refractivity contribution in [1.29, 1.82) is 0 Å². The third-order valence-electron chi connectivity index (χ3n) is 3.21. The van der Waals surface area contributed by atoms with Crippen LogP contribution in [-0.2, 0) is 6.54 Å². The molecule has 0 aliphatic carbocycles. The molecular weight excluding hydrogens is 257 g/mol. The SMILES string of the molecule is CCC1=NCc2cc(Sc3ccc(F)cc3)ccc21. The molecule has 0 radical (unpaired) electrons. The van der Waals surface area contributed by atoms with E-state index in [4.69, 9.17) is 0 Å². The molecule has 0 saturated carbocycles. The van der Waals surface area contributed by atoms with Gasteiger partial charge in [0.05, 0.1) is 6.54 Å². The van der Waals surface area contributed by atoms with Crippen molar-refractivity contribution in [1.82, 2.24) is 0 Å². The first-order valence-corrected chi connectivity index (χ1v) is 7.18. The van der Waals surface area contributed by atoms with Crippen LogP contribution in [0.25, 0.3) is 0 Å². The topological polar surface area (TPSA) is 12.4 Å². The molecule has 0 atom stereocenters. The van der Waals surface area contributed by atoms with Crippen LogP contribution in [0.1, 0.15) is 24.5 Å². The highest BCUT2D eigenvalue weighted by atomic mass is 32.2. The van der Waals surface area contributed by atoms with Crippen molar-refractivity contribution < 1.29 is 4.39 Å². The number of fused-ring (bicyclic) bond motifs is 1. The molecule has 0 aromatic heterocycles. The molecule has 3 heteroatoms. The van der Waals surface area contributed by atoms with Gasteiger partial charge in [0.2, 0.25) is 0 Å². The molecular formula is C16H14FNS. The Kier molecular flexibility index (Phi) is 3.38. The summed E-state index contributed by atoms with van der Waals surface area (Å²) in [5, 5.41) is 0. The Morgan fingerprint density at radius 3 is 2.58 bits per heavy atom. The lowest BCUT2D eigenvalue weighted by atomic mass is 10.0. The van der Waals surface area contributed by atoms with E-state index in [0.29, 0.717) is 0 Å². The van der Waals surface area contributed by atoms with E-state index >= 15 is 0 Å². The monoisotopic (exact) mass is 271 g/mol. The van der Waals surface area contributed by atoms with Crippen LogP contribution in [0.15, 0.2) is 57.2 Å². The fourth-order valence-electron chi connectivity index (χ4n) is 2.25. The van der Waals surface area contributed by atoms with Crippen molar-refractivity contribution in [3.63, 3.8) is 0 Å². The van der Waals surface area contributed by atoms with Crippen LogP contribution in [0, 0.1) is 5.82 Å². The van der Waals surface area contributed by atoms with Crippen molar-refractivity contribution in [3.8, 4) is 0 Å². The lowest BCUT2D eigenvalue weighted by molar-refractivity contribution is 0.626. The first kappa shape index (κ1) is 12.4. The molecule has 1 aliphatic heterocycles. The van der Waals surface area contributed by atoms with E-state index in [1.807, 2.05) is 0 Å². The van der Waals surface area contributed by atoms with Crippen LogP contribution in [0.3, 0.4) is 0 Å². The molecule has 3 rings (SSSR count). The second-order valence-corrected chi connectivity index (χ2v) is 5.64. The molecule has 0 N–H and O–H groups in total. The van der Waals surface area contributed by atoms with Crippen LogP contribution in [0.2, 0.25) is 0 Å². The van der Waals surface area contributed by atoms with E-state index in [0.717, 1.165) is 17.9 Å². The Morgan fingerprint density at radius 1 is 1.11 bits per heavy atom. The Bertz CT molecular complexity index is 632. The van der Waals surface area contributed by atoms with Gasteiger partial charge in [-0.2, -0.15) is 0 Å². The quantitative estimate of drug-likeness (QED) is 0.789. The van der Waals surface area contributed by atoms with Gasteiger partial charge in [-0.05, 0) is 48.4 Å². The summed E-state index contributed by atoms with van der Waals surface area (Å²) >= 11 is 1.65. The van der Waals surface area contributed by atoms with Gasteiger partial charge in [-0.25, -0.2) is 4.39 Å². The van der Waals surface area contributed by atoms with Crippen molar-refractivity contribution in [2.24, 2.45) is 4.99 Å². The third-order valence-corrected chi connectivity index (χ3v) is 4.21. The van der Waals surface area contributed by atoms with Crippen LogP contribution >= 0.6 is 11.8 Å². The Labute approximate surface area is 116 Å². The minimum Gasteiger partial charge on any atom is -0.284 e. The number of nitrogens with zero attached hydrogens (tertiary/aromatic N) is 1. The molecule has 0 spiro atoms. The minimum absolute atomic E-state index is 0.195. The predicted molar refractivity (Wildman–Crippen MR) is 77.5 cm³/mol. The lowest BCUT2D eigenvalue weighted by Crippen LogP contribution is -1.95. The molecule has 1 nitrogen and oxygen atoms in total. The molecule has 0 saturated heterocycles. The molecule has 1 aliphatic rings. The standard InChI is InChI=1S/C16H14FNS/c1-2-16-15-8-7-14(9-11(15)10-18-16)19-13-5-3-12(17)4-6-13/h3-9H,2,10H2,1H3. The van der Waals surface area contributed by atoms with Gasteiger partial charge < -0.3 is 0 Å². The average Bonchev–Trinajstić information content (AvgIpc) is 2.83. The minimum atomic E-state index is -0.195. The summed E-state index contributed by atoms with van der Waals surface area (Å²) in [5.74, 6) is -0.195. The van der Waals surface area contributed by atoms with Gasteiger partial charge in [0.1, 0.15) is 5.82 Å². The fourth-order valence-corrected chi connectivity index (χ4v) is 3.13. The maximum atomic E-state index is 12.9. The average molecular weight is 271 g/mol. The van der Waals surface area contributed by atoms with E-state index < -0.39 is 0 Å². The fraction of sp³-hybridized carbons (Fsp3) is 0.188. The highest BCUT2D eigenvalue weighted by Crippen LogP contribution is 2.31. The summed E-state index contributed by atoms with van der Waals surface area (Å²) < 4.78 is 12.9. The van der Waals surface area contributed by atoms with Crippen molar-refractivity contribution in [2.75, 3.05) is 0 Å². The first-order chi connectivity index (χ1) is 9.26. The maximum absolute atomic E-state index is 12.9. The van der Waals surface area contributed by atoms with Gasteiger partial charge in [0.25, 0.3) is 0 Å². The van der Waals surface area contributed by atoms with Gasteiger partial charge >= 0.3 is 0 Å². The summed E-state index contributed by atoms with van der Waals surface area (Å²) in [6.45, 7) is 2.92. The number of hydrogen-bond acceptors (Lipinski definition) is 2. The number of hydrogen-bond donors (Lipinski definition) is 0. The largest absolute Gasteiger partial charge is 0.284 e. The van der Waals surface area contributed by atoms with E-state index in [1.165, 1.54) is 33.9 Å². The smallest absolute Gasteiger partial charge is 0.123 e. The lowest BCUT2D eigenvalue weighted by Gasteiger charge is -2.05. The van der Waals surface area contributed by atoms with Gasteiger partial charge in [0, 0.05) is 21.1 Å². The van der Waals surface area contributed by atoms with Gasteiger partial charge in [-0.15, -0.1) is 0 Å². The highest BCUT2D eigenvalue weighted by molar-refractivity contribution is 7.99. The van der Waals surface area contributed by atoms with E-state index in [-0.39, 0.29) is 5.82 Å². The number of halogens is 1. The molecule has 2 aromatic carbocycles. The molecule has 0 amide bonds. The van der Waals surface area contributed by atoms with Crippen LogP contribution in [0.4, 0.5) is 4.39 Å². The highest BCUT2D eigenvalue weighted by Gasteiger charge is 2.14. The van der Waals surface area contributed by atoms with Gasteiger partial charge in [-0.3, -0.25) is 4.99 Å². The summed E-state index contributed by atoms with van der Waals surface area (Å²) in [4.78, 5) is 6.77. The maximum Gasteiger partial charge on any atom is 0.123 e. The summed E-state index contributed by atoms with van der Waals surface area (Å²) in [6, 6.07) is 13.1. The molecule has 1 heterocycles. The van der Waals surface area contributed by atoms with Crippen molar-refractivity contribution >= 4 is 17.5 Å². The molecule has 96 valence electrons. The Hall–Kier alpha value is -1.61. The third kappa shape index (κ3) is 2.56. The zero-order valence-electron chi connectivity index (χ0n) is 10.7. The molecule has 2 aromatic rings. The van der Waals surface area contributed by atoms with Crippen molar-refractivity contribution in [3.05, 3.63) is 59.4 Å². The number of benzene rings is 2. The zero-order chi connectivity index (χ0) is 13.2. The van der Waals surface area contributed by atoms with Gasteiger partial charge in [0.15, 0.2) is 0 Å². The molecule has 0 bridgehead atoms. The Balaban J connectivity index is 1.83. The first-order valence-electron chi connectivity index (χ1n) is 6.36. The number of aliphatic imine (C=N–C) groups is 1.